The third-order valence-corrected chi connectivity index (χ3v) is 4.31. The SMILES string of the molecule is Fc1cc(CNC2CC2)cc(N2CCc3ccccc32)c1. The minimum absolute atomic E-state index is 0.149. The summed E-state index contributed by atoms with van der Waals surface area (Å²) in [5.41, 5.74) is 4.55. The summed E-state index contributed by atoms with van der Waals surface area (Å²) in [4.78, 5) is 2.22. The lowest BCUT2D eigenvalue weighted by atomic mass is 10.1. The first-order valence-electron chi connectivity index (χ1n) is 7.68. The van der Waals surface area contributed by atoms with Crippen molar-refractivity contribution in [3.8, 4) is 0 Å². The highest BCUT2D eigenvalue weighted by Gasteiger charge is 2.22. The summed E-state index contributed by atoms with van der Waals surface area (Å²) in [6.07, 6.45) is 3.53. The van der Waals surface area contributed by atoms with Crippen LogP contribution in [0.15, 0.2) is 42.5 Å². The molecule has 3 heteroatoms. The molecule has 0 unspecified atom stereocenters. The molecule has 1 aliphatic heterocycles. The summed E-state index contributed by atoms with van der Waals surface area (Å²) >= 11 is 0. The second kappa shape index (κ2) is 5.15. The van der Waals surface area contributed by atoms with E-state index in [0.717, 1.165) is 30.8 Å². The highest BCUT2D eigenvalue weighted by molar-refractivity contribution is 5.70. The van der Waals surface area contributed by atoms with Gasteiger partial charge in [0.25, 0.3) is 0 Å². The normalized spacial score (nSPS) is 17.1. The Bertz CT molecular complexity index is 664. The molecule has 1 fully saturated rings. The quantitative estimate of drug-likeness (QED) is 0.918. The molecule has 0 spiro atoms. The van der Waals surface area contributed by atoms with E-state index in [-0.39, 0.29) is 5.82 Å². The van der Waals surface area contributed by atoms with E-state index in [1.165, 1.54) is 24.1 Å². The maximum Gasteiger partial charge on any atom is 0.125 e. The molecule has 0 aromatic heterocycles. The van der Waals surface area contributed by atoms with Crippen molar-refractivity contribution in [3.63, 3.8) is 0 Å². The van der Waals surface area contributed by atoms with Gasteiger partial charge in [-0.05, 0) is 54.7 Å². The van der Waals surface area contributed by atoms with Crippen LogP contribution in [0.1, 0.15) is 24.0 Å². The van der Waals surface area contributed by atoms with Crippen LogP contribution in [0.4, 0.5) is 15.8 Å². The number of nitrogens with zero attached hydrogens (tertiary/aromatic N) is 1. The number of anilines is 2. The number of hydrogen-bond donors (Lipinski definition) is 1. The molecule has 1 N–H and O–H groups in total. The molecule has 1 heterocycles. The van der Waals surface area contributed by atoms with Crippen LogP contribution in [0.2, 0.25) is 0 Å². The zero-order valence-electron chi connectivity index (χ0n) is 12.0. The van der Waals surface area contributed by atoms with E-state index < -0.39 is 0 Å². The Labute approximate surface area is 124 Å². The van der Waals surface area contributed by atoms with Gasteiger partial charge in [-0.3, -0.25) is 0 Å². The smallest absolute Gasteiger partial charge is 0.125 e. The van der Waals surface area contributed by atoms with Crippen molar-refractivity contribution in [2.75, 3.05) is 11.4 Å². The van der Waals surface area contributed by atoms with Crippen molar-refractivity contribution < 1.29 is 4.39 Å². The average Bonchev–Trinajstić information content (AvgIpc) is 3.22. The fourth-order valence-electron chi connectivity index (χ4n) is 3.05. The molecule has 1 aliphatic carbocycles. The van der Waals surface area contributed by atoms with Gasteiger partial charge in [-0.2, -0.15) is 0 Å². The molecule has 0 saturated heterocycles. The first-order chi connectivity index (χ1) is 10.3. The minimum atomic E-state index is -0.149. The third kappa shape index (κ3) is 2.66. The zero-order valence-corrected chi connectivity index (χ0v) is 12.0. The first kappa shape index (κ1) is 12.8. The number of benzene rings is 2. The lowest BCUT2D eigenvalue weighted by Crippen LogP contribution is -2.17. The van der Waals surface area contributed by atoms with Crippen molar-refractivity contribution in [1.29, 1.82) is 0 Å². The molecule has 2 aliphatic rings. The van der Waals surface area contributed by atoms with Crippen molar-refractivity contribution in [2.24, 2.45) is 0 Å². The molecule has 0 amide bonds. The molecule has 21 heavy (non-hydrogen) atoms. The third-order valence-electron chi connectivity index (χ3n) is 4.31. The van der Waals surface area contributed by atoms with Crippen LogP contribution >= 0.6 is 0 Å². The van der Waals surface area contributed by atoms with Gasteiger partial charge in [0.2, 0.25) is 0 Å². The topological polar surface area (TPSA) is 15.3 Å². The van der Waals surface area contributed by atoms with Crippen LogP contribution in [-0.4, -0.2) is 12.6 Å². The fraction of sp³-hybridized carbons (Fsp3) is 0.333. The van der Waals surface area contributed by atoms with E-state index in [2.05, 4.69) is 34.5 Å². The Morgan fingerprint density at radius 3 is 2.86 bits per heavy atom. The van der Waals surface area contributed by atoms with E-state index in [9.17, 15) is 4.39 Å². The number of rotatable bonds is 4. The Morgan fingerprint density at radius 1 is 1.14 bits per heavy atom. The second-order valence-corrected chi connectivity index (χ2v) is 6.00. The van der Waals surface area contributed by atoms with Crippen LogP contribution in [0.5, 0.6) is 0 Å². The van der Waals surface area contributed by atoms with Crippen LogP contribution < -0.4 is 10.2 Å². The van der Waals surface area contributed by atoms with Gasteiger partial charge in [0.05, 0.1) is 0 Å². The van der Waals surface area contributed by atoms with E-state index in [1.807, 2.05) is 6.07 Å². The molecule has 2 aromatic carbocycles. The second-order valence-electron chi connectivity index (χ2n) is 6.00. The van der Waals surface area contributed by atoms with Gasteiger partial charge in [0, 0.05) is 30.5 Å². The molecule has 2 aromatic rings. The van der Waals surface area contributed by atoms with Gasteiger partial charge in [-0.25, -0.2) is 4.39 Å². The fourth-order valence-corrected chi connectivity index (χ4v) is 3.05. The van der Waals surface area contributed by atoms with Crippen LogP contribution in [0, 0.1) is 5.82 Å². The van der Waals surface area contributed by atoms with Gasteiger partial charge in [0.1, 0.15) is 5.82 Å². The van der Waals surface area contributed by atoms with Gasteiger partial charge in [0.15, 0.2) is 0 Å². The average molecular weight is 282 g/mol. The van der Waals surface area contributed by atoms with Crippen molar-refractivity contribution in [3.05, 3.63) is 59.4 Å². The van der Waals surface area contributed by atoms with Crippen LogP contribution in [0.3, 0.4) is 0 Å². The molecular formula is C18H19FN2. The Morgan fingerprint density at radius 2 is 2.00 bits per heavy atom. The van der Waals surface area contributed by atoms with Gasteiger partial charge >= 0.3 is 0 Å². The van der Waals surface area contributed by atoms with Gasteiger partial charge in [-0.15, -0.1) is 0 Å². The largest absolute Gasteiger partial charge is 0.341 e. The molecule has 108 valence electrons. The molecule has 0 bridgehead atoms. The summed E-state index contributed by atoms with van der Waals surface area (Å²) in [5, 5.41) is 3.45. The molecule has 1 saturated carbocycles. The number of para-hydroxylation sites is 1. The Kier molecular flexibility index (Phi) is 3.15. The van der Waals surface area contributed by atoms with Crippen molar-refractivity contribution >= 4 is 11.4 Å². The highest BCUT2D eigenvalue weighted by atomic mass is 19.1. The highest BCUT2D eigenvalue weighted by Crippen LogP contribution is 2.35. The lowest BCUT2D eigenvalue weighted by Gasteiger charge is -2.20. The summed E-state index contributed by atoms with van der Waals surface area (Å²) < 4.78 is 13.9. The minimum Gasteiger partial charge on any atom is -0.341 e. The van der Waals surface area contributed by atoms with Gasteiger partial charge in [-0.1, -0.05) is 18.2 Å². The lowest BCUT2D eigenvalue weighted by molar-refractivity contribution is 0.619. The maximum absolute atomic E-state index is 13.9. The predicted molar refractivity (Wildman–Crippen MR) is 83.4 cm³/mol. The first-order valence-corrected chi connectivity index (χ1v) is 7.68. The van der Waals surface area contributed by atoms with Crippen molar-refractivity contribution in [2.45, 2.75) is 31.8 Å². The van der Waals surface area contributed by atoms with Crippen LogP contribution in [0.25, 0.3) is 0 Å². The zero-order chi connectivity index (χ0) is 14.2. The Hall–Kier alpha value is -1.87. The summed E-state index contributed by atoms with van der Waals surface area (Å²) in [7, 11) is 0. The number of nitrogens with one attached hydrogen (secondary N) is 1. The molecule has 4 rings (SSSR count). The Balaban J connectivity index is 1.62. The van der Waals surface area contributed by atoms with E-state index in [1.54, 1.807) is 12.1 Å². The molecule has 0 radical (unpaired) electrons. The number of hydrogen-bond acceptors (Lipinski definition) is 2. The molecule has 0 atom stereocenters. The summed E-state index contributed by atoms with van der Waals surface area (Å²) in [6, 6.07) is 14.4. The van der Waals surface area contributed by atoms with Crippen molar-refractivity contribution in [1.82, 2.24) is 5.32 Å². The predicted octanol–water partition coefficient (Wildman–Crippen LogP) is 3.77. The monoisotopic (exact) mass is 282 g/mol. The number of halogens is 1. The summed E-state index contributed by atoms with van der Waals surface area (Å²) in [5.74, 6) is -0.149. The summed E-state index contributed by atoms with van der Waals surface area (Å²) in [6.45, 7) is 1.68. The van der Waals surface area contributed by atoms with E-state index in [4.69, 9.17) is 0 Å². The van der Waals surface area contributed by atoms with E-state index >= 15 is 0 Å². The number of fused-ring (bicyclic) bond motifs is 1. The van der Waals surface area contributed by atoms with E-state index in [0.29, 0.717) is 6.04 Å². The maximum atomic E-state index is 13.9. The molecular weight excluding hydrogens is 263 g/mol. The molecule has 2 nitrogen and oxygen atoms in total. The van der Waals surface area contributed by atoms with Gasteiger partial charge < -0.3 is 10.2 Å². The standard InChI is InChI=1S/C18H19FN2/c19-15-9-13(12-20-16-5-6-16)10-17(11-15)21-8-7-14-3-1-2-4-18(14)21/h1-4,9-11,16,20H,5-8,12H2. The van der Waals surface area contributed by atoms with Crippen LogP contribution in [-0.2, 0) is 13.0 Å².